The number of rotatable bonds is 5. The van der Waals surface area contributed by atoms with Crippen molar-refractivity contribution in [3.05, 3.63) is 0 Å². The molecular weight excluding hydrogens is 220 g/mol. The first kappa shape index (κ1) is 12.7. The molecule has 0 amide bonds. The number of aliphatic hydroxyl groups excluding tert-OH is 1. The van der Waals surface area contributed by atoms with E-state index in [1.807, 2.05) is 11.8 Å². The van der Waals surface area contributed by atoms with Gasteiger partial charge in [-0.05, 0) is 25.2 Å². The fourth-order valence-corrected chi connectivity index (χ4v) is 3.94. The molecule has 2 nitrogen and oxygen atoms in total. The monoisotopic (exact) mass is 244 g/mol. The average molecular weight is 244 g/mol. The molecule has 94 valence electrons. The molecule has 1 heterocycles. The van der Waals surface area contributed by atoms with E-state index in [0.717, 1.165) is 36.6 Å². The average Bonchev–Trinajstić information content (AvgIpc) is 2.81. The molecule has 2 fully saturated rings. The van der Waals surface area contributed by atoms with Crippen LogP contribution in [0.25, 0.3) is 0 Å². The second-order valence-corrected chi connectivity index (χ2v) is 6.52. The molecule has 0 aromatic heterocycles. The molecule has 3 heteroatoms. The number of thioether (sulfide) groups is 1. The van der Waals surface area contributed by atoms with E-state index < -0.39 is 0 Å². The highest BCUT2D eigenvalue weighted by Gasteiger charge is 2.20. The zero-order valence-corrected chi connectivity index (χ0v) is 10.9. The Labute approximate surface area is 103 Å². The summed E-state index contributed by atoms with van der Waals surface area (Å²) in [6, 6.07) is 0. The van der Waals surface area contributed by atoms with Gasteiger partial charge in [0, 0.05) is 24.2 Å². The Morgan fingerprint density at radius 3 is 2.50 bits per heavy atom. The molecule has 0 aromatic rings. The smallest absolute Gasteiger partial charge is 0.0633 e. The van der Waals surface area contributed by atoms with Crippen LogP contribution in [0, 0.1) is 5.92 Å². The molecule has 1 aliphatic carbocycles. The molecule has 0 aromatic carbocycles. The van der Waals surface area contributed by atoms with Crippen molar-refractivity contribution in [1.82, 2.24) is 0 Å². The highest BCUT2D eigenvalue weighted by Crippen LogP contribution is 2.30. The van der Waals surface area contributed by atoms with Gasteiger partial charge in [-0.25, -0.2) is 0 Å². The zero-order valence-electron chi connectivity index (χ0n) is 10.1. The van der Waals surface area contributed by atoms with E-state index in [9.17, 15) is 5.11 Å². The first-order chi connectivity index (χ1) is 7.84. The van der Waals surface area contributed by atoms with Crippen LogP contribution in [0.5, 0.6) is 0 Å². The molecule has 1 unspecified atom stereocenters. The van der Waals surface area contributed by atoms with Gasteiger partial charge in [0.1, 0.15) is 0 Å². The van der Waals surface area contributed by atoms with Gasteiger partial charge in [0.15, 0.2) is 0 Å². The van der Waals surface area contributed by atoms with Gasteiger partial charge in [0.2, 0.25) is 0 Å². The van der Waals surface area contributed by atoms with Crippen LogP contribution in [-0.2, 0) is 4.74 Å². The van der Waals surface area contributed by atoms with Crippen LogP contribution in [0.3, 0.4) is 0 Å². The molecule has 0 spiro atoms. The van der Waals surface area contributed by atoms with Crippen molar-refractivity contribution in [3.8, 4) is 0 Å². The summed E-state index contributed by atoms with van der Waals surface area (Å²) >= 11 is 1.96. The van der Waals surface area contributed by atoms with E-state index in [1.54, 1.807) is 0 Å². The Kier molecular flexibility index (Phi) is 5.46. The zero-order chi connectivity index (χ0) is 11.2. The lowest BCUT2D eigenvalue weighted by Crippen LogP contribution is -2.21. The SMILES string of the molecule is OC(CSC1CCOCC1)CC1CCCC1. The molecule has 2 aliphatic rings. The maximum Gasteiger partial charge on any atom is 0.0633 e. The minimum atomic E-state index is -0.0732. The van der Waals surface area contributed by atoms with E-state index in [0.29, 0.717) is 0 Å². The van der Waals surface area contributed by atoms with Crippen LogP contribution in [0.1, 0.15) is 44.9 Å². The third kappa shape index (κ3) is 4.27. The van der Waals surface area contributed by atoms with Crippen molar-refractivity contribution < 1.29 is 9.84 Å². The van der Waals surface area contributed by atoms with Gasteiger partial charge in [0.05, 0.1) is 6.10 Å². The van der Waals surface area contributed by atoms with E-state index in [-0.39, 0.29) is 6.10 Å². The van der Waals surface area contributed by atoms with Gasteiger partial charge < -0.3 is 9.84 Å². The first-order valence-electron chi connectivity index (χ1n) is 6.72. The molecule has 2 rings (SSSR count). The Bertz CT molecular complexity index is 186. The van der Waals surface area contributed by atoms with Gasteiger partial charge in [-0.2, -0.15) is 11.8 Å². The van der Waals surface area contributed by atoms with E-state index in [4.69, 9.17) is 4.74 Å². The van der Waals surface area contributed by atoms with Crippen LogP contribution in [0.15, 0.2) is 0 Å². The van der Waals surface area contributed by atoms with Crippen LogP contribution in [0.2, 0.25) is 0 Å². The standard InChI is InChI=1S/C13H24O2S/c14-12(9-11-3-1-2-4-11)10-16-13-5-7-15-8-6-13/h11-14H,1-10H2. The van der Waals surface area contributed by atoms with Crippen LogP contribution < -0.4 is 0 Å². The predicted octanol–water partition coefficient (Wildman–Crippen LogP) is 2.84. The Morgan fingerprint density at radius 2 is 1.81 bits per heavy atom. The van der Waals surface area contributed by atoms with Crippen molar-refractivity contribution in [2.45, 2.75) is 56.3 Å². The minimum absolute atomic E-state index is 0.0732. The molecule has 1 saturated carbocycles. The maximum absolute atomic E-state index is 9.99. The maximum atomic E-state index is 9.99. The predicted molar refractivity (Wildman–Crippen MR) is 68.9 cm³/mol. The lowest BCUT2D eigenvalue weighted by Gasteiger charge is -2.23. The summed E-state index contributed by atoms with van der Waals surface area (Å²) in [4.78, 5) is 0. The molecule has 1 atom stereocenters. The molecule has 0 bridgehead atoms. The Morgan fingerprint density at radius 1 is 1.12 bits per heavy atom. The minimum Gasteiger partial charge on any atom is -0.392 e. The third-order valence-corrected chi connectivity index (χ3v) is 5.29. The highest BCUT2D eigenvalue weighted by molar-refractivity contribution is 7.99. The highest BCUT2D eigenvalue weighted by atomic mass is 32.2. The molecule has 16 heavy (non-hydrogen) atoms. The van der Waals surface area contributed by atoms with E-state index >= 15 is 0 Å². The van der Waals surface area contributed by atoms with Crippen molar-refractivity contribution in [1.29, 1.82) is 0 Å². The first-order valence-corrected chi connectivity index (χ1v) is 7.77. The Balaban J connectivity index is 1.57. The molecule has 0 radical (unpaired) electrons. The number of hydrogen-bond donors (Lipinski definition) is 1. The van der Waals surface area contributed by atoms with E-state index in [1.165, 1.54) is 38.5 Å². The van der Waals surface area contributed by atoms with Crippen molar-refractivity contribution >= 4 is 11.8 Å². The normalized spacial score (nSPS) is 26.1. The summed E-state index contributed by atoms with van der Waals surface area (Å²) in [5.41, 5.74) is 0. The number of ether oxygens (including phenoxy) is 1. The quantitative estimate of drug-likeness (QED) is 0.806. The summed E-state index contributed by atoms with van der Waals surface area (Å²) in [6.45, 7) is 1.83. The number of hydrogen-bond acceptors (Lipinski definition) is 3. The summed E-state index contributed by atoms with van der Waals surface area (Å²) in [6.07, 6.45) is 8.75. The summed E-state index contributed by atoms with van der Waals surface area (Å²) in [7, 11) is 0. The lowest BCUT2D eigenvalue weighted by atomic mass is 10.0. The lowest BCUT2D eigenvalue weighted by molar-refractivity contribution is 0.0997. The second-order valence-electron chi connectivity index (χ2n) is 5.19. The van der Waals surface area contributed by atoms with E-state index in [2.05, 4.69) is 0 Å². The fourth-order valence-electron chi connectivity index (χ4n) is 2.79. The summed E-state index contributed by atoms with van der Waals surface area (Å²) in [5.74, 6) is 1.74. The summed E-state index contributed by atoms with van der Waals surface area (Å²) < 4.78 is 5.34. The summed E-state index contributed by atoms with van der Waals surface area (Å²) in [5, 5.41) is 10.7. The van der Waals surface area contributed by atoms with Gasteiger partial charge in [-0.3, -0.25) is 0 Å². The third-order valence-electron chi connectivity index (χ3n) is 3.77. The van der Waals surface area contributed by atoms with Gasteiger partial charge in [-0.1, -0.05) is 25.7 Å². The molecule has 1 saturated heterocycles. The fraction of sp³-hybridized carbons (Fsp3) is 1.00. The molecule has 1 aliphatic heterocycles. The number of aliphatic hydroxyl groups is 1. The van der Waals surface area contributed by atoms with Crippen LogP contribution in [0.4, 0.5) is 0 Å². The van der Waals surface area contributed by atoms with Gasteiger partial charge >= 0.3 is 0 Å². The largest absolute Gasteiger partial charge is 0.392 e. The van der Waals surface area contributed by atoms with Crippen molar-refractivity contribution in [3.63, 3.8) is 0 Å². The topological polar surface area (TPSA) is 29.5 Å². The Hall–Kier alpha value is 0.270. The van der Waals surface area contributed by atoms with Gasteiger partial charge in [0.25, 0.3) is 0 Å². The molecule has 1 N–H and O–H groups in total. The molecular formula is C13H24O2S. The van der Waals surface area contributed by atoms with Crippen LogP contribution >= 0.6 is 11.8 Å². The van der Waals surface area contributed by atoms with Crippen molar-refractivity contribution in [2.75, 3.05) is 19.0 Å². The van der Waals surface area contributed by atoms with Crippen LogP contribution in [-0.4, -0.2) is 35.4 Å². The van der Waals surface area contributed by atoms with Gasteiger partial charge in [-0.15, -0.1) is 0 Å². The second kappa shape index (κ2) is 6.87. The van der Waals surface area contributed by atoms with Crippen molar-refractivity contribution in [2.24, 2.45) is 5.92 Å².